The highest BCUT2D eigenvalue weighted by atomic mass is 32.1. The van der Waals surface area contributed by atoms with Gasteiger partial charge in [0.15, 0.2) is 5.96 Å². The minimum absolute atomic E-state index is 0.735. The Hall–Kier alpha value is -1.88. The number of nitrogens with zero attached hydrogens (tertiary/aromatic N) is 2. The Labute approximate surface area is 154 Å². The number of guanidine groups is 1. The molecular weight excluding hydrogens is 328 g/mol. The van der Waals surface area contributed by atoms with Crippen LogP contribution in [-0.2, 0) is 6.54 Å². The first-order chi connectivity index (χ1) is 12.2. The molecule has 3 rings (SSSR count). The quantitative estimate of drug-likeness (QED) is 0.627. The van der Waals surface area contributed by atoms with E-state index in [1.54, 1.807) is 11.3 Å². The number of aliphatic imine (C=N–C) groups is 1. The highest BCUT2D eigenvalue weighted by molar-refractivity contribution is 7.11. The van der Waals surface area contributed by atoms with Crippen LogP contribution in [-0.4, -0.2) is 24.5 Å². The number of hydrogen-bond donors (Lipinski definition) is 2. The molecule has 0 atom stereocenters. The largest absolute Gasteiger partial charge is 0.356 e. The molecule has 0 amide bonds. The Kier molecular flexibility index (Phi) is 6.45. The zero-order valence-corrected chi connectivity index (χ0v) is 16.0. The van der Waals surface area contributed by atoms with Gasteiger partial charge in [-0.1, -0.05) is 30.3 Å². The summed E-state index contributed by atoms with van der Waals surface area (Å²) >= 11 is 1.73. The molecule has 1 saturated carbocycles. The van der Waals surface area contributed by atoms with Gasteiger partial charge in [-0.3, -0.25) is 4.99 Å². The van der Waals surface area contributed by atoms with E-state index in [0.29, 0.717) is 0 Å². The van der Waals surface area contributed by atoms with E-state index >= 15 is 0 Å². The molecule has 2 aromatic rings. The second-order valence-corrected chi connectivity index (χ2v) is 8.12. The van der Waals surface area contributed by atoms with E-state index < -0.39 is 0 Å². The van der Waals surface area contributed by atoms with Crippen LogP contribution in [0.5, 0.6) is 0 Å². The zero-order valence-electron chi connectivity index (χ0n) is 15.2. The Balaban J connectivity index is 1.39. The fourth-order valence-corrected chi connectivity index (χ4v) is 4.26. The van der Waals surface area contributed by atoms with Crippen molar-refractivity contribution in [2.75, 3.05) is 13.6 Å². The lowest BCUT2D eigenvalue weighted by Crippen LogP contribution is -2.40. The number of nitrogens with one attached hydrogen (secondary N) is 2. The molecule has 0 radical (unpaired) electrons. The number of hydrogen-bond acceptors (Lipinski definition) is 3. The van der Waals surface area contributed by atoms with Gasteiger partial charge in [0.2, 0.25) is 0 Å². The van der Waals surface area contributed by atoms with Crippen molar-refractivity contribution in [3.63, 3.8) is 0 Å². The lowest BCUT2D eigenvalue weighted by Gasteiger charge is -2.29. The molecule has 0 aliphatic heterocycles. The van der Waals surface area contributed by atoms with Crippen LogP contribution < -0.4 is 10.6 Å². The van der Waals surface area contributed by atoms with E-state index in [1.807, 2.05) is 13.2 Å². The molecule has 2 N–H and O–H groups in total. The third kappa shape index (κ3) is 5.30. The van der Waals surface area contributed by atoms with E-state index in [0.717, 1.165) is 35.9 Å². The van der Waals surface area contributed by atoms with Crippen LogP contribution in [0.25, 0.3) is 0 Å². The second kappa shape index (κ2) is 8.99. The average molecular weight is 357 g/mol. The predicted octanol–water partition coefficient (Wildman–Crippen LogP) is 4.09. The molecule has 1 aromatic heterocycles. The van der Waals surface area contributed by atoms with Crippen LogP contribution in [0.3, 0.4) is 0 Å². The maximum Gasteiger partial charge on any atom is 0.191 e. The smallest absolute Gasteiger partial charge is 0.191 e. The topological polar surface area (TPSA) is 49.3 Å². The summed E-state index contributed by atoms with van der Waals surface area (Å²) in [6.45, 7) is 3.82. The molecule has 0 spiro atoms. The third-order valence-corrected chi connectivity index (χ3v) is 5.89. The van der Waals surface area contributed by atoms with E-state index in [9.17, 15) is 0 Å². The normalized spacial score (nSPS) is 21.1. The van der Waals surface area contributed by atoms with Gasteiger partial charge in [0.05, 0.1) is 6.54 Å². The van der Waals surface area contributed by atoms with Gasteiger partial charge in [-0.25, -0.2) is 4.98 Å². The molecule has 0 bridgehead atoms. The van der Waals surface area contributed by atoms with Crippen LogP contribution in [0.15, 0.2) is 41.5 Å². The van der Waals surface area contributed by atoms with Crippen LogP contribution >= 0.6 is 11.3 Å². The van der Waals surface area contributed by atoms with Crippen molar-refractivity contribution in [3.05, 3.63) is 52.0 Å². The summed E-state index contributed by atoms with van der Waals surface area (Å²) in [5.41, 5.74) is 1.50. The summed E-state index contributed by atoms with van der Waals surface area (Å²) < 4.78 is 0. The van der Waals surface area contributed by atoms with Gasteiger partial charge < -0.3 is 10.6 Å². The molecule has 1 aliphatic carbocycles. The molecule has 5 heteroatoms. The van der Waals surface area contributed by atoms with Crippen molar-refractivity contribution in [2.45, 2.75) is 45.1 Å². The average Bonchev–Trinajstić information content (AvgIpc) is 3.08. The maximum absolute atomic E-state index is 4.38. The Morgan fingerprint density at radius 1 is 1.16 bits per heavy atom. The van der Waals surface area contributed by atoms with Crippen molar-refractivity contribution in [3.8, 4) is 0 Å². The Morgan fingerprint density at radius 2 is 1.92 bits per heavy atom. The molecule has 1 aliphatic rings. The number of aryl methyl sites for hydroxylation is 1. The van der Waals surface area contributed by atoms with Gasteiger partial charge in [0.1, 0.15) is 5.01 Å². The van der Waals surface area contributed by atoms with Crippen molar-refractivity contribution in [2.24, 2.45) is 10.9 Å². The summed E-state index contributed by atoms with van der Waals surface area (Å²) in [5.74, 6) is 2.35. The summed E-state index contributed by atoms with van der Waals surface area (Å²) in [4.78, 5) is 9.96. The van der Waals surface area contributed by atoms with E-state index in [2.05, 4.69) is 57.9 Å². The number of benzene rings is 1. The fourth-order valence-electron chi connectivity index (χ4n) is 3.53. The zero-order chi connectivity index (χ0) is 17.5. The summed E-state index contributed by atoms with van der Waals surface area (Å²) in [5, 5.41) is 7.95. The first kappa shape index (κ1) is 17.9. The molecule has 25 heavy (non-hydrogen) atoms. The molecule has 1 fully saturated rings. The van der Waals surface area contributed by atoms with Crippen molar-refractivity contribution in [1.82, 2.24) is 15.6 Å². The minimum atomic E-state index is 0.735. The van der Waals surface area contributed by atoms with Gasteiger partial charge in [0.25, 0.3) is 0 Å². The van der Waals surface area contributed by atoms with E-state index in [-0.39, 0.29) is 0 Å². The standard InChI is InChI=1S/C20H28N4S/c1-15-12-22-19(25-15)14-24-20(21-2)23-13-16-8-10-18(11-9-16)17-6-4-3-5-7-17/h3-7,12,16,18H,8-11,13-14H2,1-2H3,(H2,21,23,24). The minimum Gasteiger partial charge on any atom is -0.356 e. The van der Waals surface area contributed by atoms with Crippen molar-refractivity contribution >= 4 is 17.3 Å². The van der Waals surface area contributed by atoms with Crippen LogP contribution in [0, 0.1) is 12.8 Å². The first-order valence-corrected chi connectivity index (χ1v) is 9.97. The van der Waals surface area contributed by atoms with Crippen LogP contribution in [0.1, 0.15) is 47.0 Å². The van der Waals surface area contributed by atoms with Crippen molar-refractivity contribution < 1.29 is 0 Å². The number of aromatic nitrogens is 1. The highest BCUT2D eigenvalue weighted by Gasteiger charge is 2.22. The second-order valence-electron chi connectivity index (χ2n) is 6.80. The van der Waals surface area contributed by atoms with E-state index in [4.69, 9.17) is 0 Å². The monoisotopic (exact) mass is 356 g/mol. The van der Waals surface area contributed by atoms with Gasteiger partial charge in [-0.05, 0) is 50.0 Å². The molecular formula is C20H28N4S. The number of thiazole rings is 1. The fraction of sp³-hybridized carbons (Fsp3) is 0.500. The van der Waals surface area contributed by atoms with Gasteiger partial charge in [-0.15, -0.1) is 11.3 Å². The van der Waals surface area contributed by atoms with Gasteiger partial charge >= 0.3 is 0 Å². The molecule has 134 valence electrons. The van der Waals surface area contributed by atoms with Gasteiger partial charge in [-0.2, -0.15) is 0 Å². The molecule has 0 saturated heterocycles. The SMILES string of the molecule is CN=C(NCc1ncc(C)s1)NCC1CCC(c2ccccc2)CC1. The number of rotatable bonds is 5. The molecule has 1 heterocycles. The Bertz CT molecular complexity index is 672. The molecule has 1 aromatic carbocycles. The van der Waals surface area contributed by atoms with Crippen LogP contribution in [0.2, 0.25) is 0 Å². The summed E-state index contributed by atoms with van der Waals surface area (Å²) in [6.07, 6.45) is 7.08. The maximum atomic E-state index is 4.38. The lowest BCUT2D eigenvalue weighted by molar-refractivity contribution is 0.324. The van der Waals surface area contributed by atoms with Gasteiger partial charge in [0, 0.05) is 24.7 Å². The first-order valence-electron chi connectivity index (χ1n) is 9.15. The van der Waals surface area contributed by atoms with Crippen molar-refractivity contribution in [1.29, 1.82) is 0 Å². The lowest BCUT2D eigenvalue weighted by atomic mass is 9.79. The van der Waals surface area contributed by atoms with E-state index in [1.165, 1.54) is 36.1 Å². The third-order valence-electron chi connectivity index (χ3n) is 4.98. The summed E-state index contributed by atoms with van der Waals surface area (Å²) in [7, 11) is 1.83. The molecule has 0 unspecified atom stereocenters. The highest BCUT2D eigenvalue weighted by Crippen LogP contribution is 2.35. The Morgan fingerprint density at radius 3 is 2.56 bits per heavy atom. The van der Waals surface area contributed by atoms with Crippen LogP contribution in [0.4, 0.5) is 0 Å². The molecule has 4 nitrogen and oxygen atoms in total. The predicted molar refractivity (Wildman–Crippen MR) is 106 cm³/mol. The summed E-state index contributed by atoms with van der Waals surface area (Å²) in [6, 6.07) is 11.0.